The van der Waals surface area contributed by atoms with Crippen LogP contribution in [0.25, 0.3) is 11.0 Å². The van der Waals surface area contributed by atoms with Crippen LogP contribution in [0.15, 0.2) is 54.9 Å². The number of likely N-dealkylation sites (tertiary alicyclic amines) is 1. The van der Waals surface area contributed by atoms with Crippen LogP contribution in [-0.2, 0) is 20.0 Å². The Morgan fingerprint density at radius 3 is 2.44 bits per heavy atom. The van der Waals surface area contributed by atoms with Crippen molar-refractivity contribution in [2.24, 2.45) is 13.0 Å². The lowest BCUT2D eigenvalue weighted by Gasteiger charge is -2.42. The number of nitro groups is 1. The maximum absolute atomic E-state index is 13.5. The molecule has 2 saturated heterocycles. The van der Waals surface area contributed by atoms with Gasteiger partial charge in [0.15, 0.2) is 0 Å². The number of halogens is 1. The second kappa shape index (κ2) is 10.8. The second-order valence-corrected chi connectivity index (χ2v) is 10.9. The summed E-state index contributed by atoms with van der Waals surface area (Å²) in [6.45, 7) is 4.43. The smallest absolute Gasteiger partial charge is 0.358 e. The first-order valence-corrected chi connectivity index (χ1v) is 13.8. The average Bonchev–Trinajstić information content (AvgIpc) is 3.51. The highest BCUT2D eigenvalue weighted by Crippen LogP contribution is 2.32. The lowest BCUT2D eigenvalue weighted by molar-refractivity contribution is -0.388. The van der Waals surface area contributed by atoms with E-state index in [1.165, 1.54) is 18.5 Å². The van der Waals surface area contributed by atoms with Crippen molar-refractivity contribution in [2.45, 2.75) is 44.7 Å². The summed E-state index contributed by atoms with van der Waals surface area (Å²) < 4.78 is 17.5. The van der Waals surface area contributed by atoms with Gasteiger partial charge in [0.2, 0.25) is 12.1 Å². The Labute approximate surface area is 227 Å². The standard InChI is InChI=1S/C29H34FN7O2/c1-33-20-31-28(37(38)39)29(33)35-16-12-24(13-17-35)34-14-10-21(11-15-34)18-27-32-25-4-2-3-5-26(25)36(27)19-22-6-8-23(30)9-7-22/h2-9,20-21,24H,10-19H2,1H3. The van der Waals surface area contributed by atoms with E-state index >= 15 is 0 Å². The van der Waals surface area contributed by atoms with E-state index in [4.69, 9.17) is 4.98 Å². The Bertz CT molecular complexity index is 1450. The van der Waals surface area contributed by atoms with Gasteiger partial charge in [0.05, 0.1) is 11.0 Å². The van der Waals surface area contributed by atoms with Crippen LogP contribution in [-0.4, -0.2) is 61.1 Å². The first-order chi connectivity index (χ1) is 19.0. The van der Waals surface area contributed by atoms with Crippen molar-refractivity contribution in [3.05, 3.63) is 82.2 Å². The average molecular weight is 532 g/mol. The number of aryl methyl sites for hydroxylation is 1. The van der Waals surface area contributed by atoms with Crippen LogP contribution in [0, 0.1) is 21.8 Å². The van der Waals surface area contributed by atoms with Gasteiger partial charge in [-0.3, -0.25) is 4.57 Å². The lowest BCUT2D eigenvalue weighted by Crippen LogP contribution is -2.48. The number of para-hydroxylation sites is 2. The summed E-state index contributed by atoms with van der Waals surface area (Å²) in [6.07, 6.45) is 6.73. The number of fused-ring (bicyclic) bond motifs is 1. The molecule has 2 aromatic carbocycles. The van der Waals surface area contributed by atoms with Crippen molar-refractivity contribution in [1.82, 2.24) is 24.0 Å². The van der Waals surface area contributed by atoms with Gasteiger partial charge in [-0.25, -0.2) is 9.37 Å². The molecule has 10 heteroatoms. The zero-order valence-corrected chi connectivity index (χ0v) is 22.2. The molecular weight excluding hydrogens is 497 g/mol. The topological polar surface area (TPSA) is 85.3 Å². The van der Waals surface area contributed by atoms with Gasteiger partial charge in [-0.1, -0.05) is 24.3 Å². The summed E-state index contributed by atoms with van der Waals surface area (Å²) in [4.78, 5) is 24.7. The van der Waals surface area contributed by atoms with E-state index in [0.717, 1.165) is 80.7 Å². The van der Waals surface area contributed by atoms with Gasteiger partial charge in [-0.15, -0.1) is 0 Å². The monoisotopic (exact) mass is 531 g/mol. The SMILES string of the molecule is Cn1cnc([N+](=O)[O-])c1N1CCC(N2CCC(Cc3nc4ccccc4n3Cc3ccc(F)cc3)CC2)CC1. The van der Waals surface area contributed by atoms with Gasteiger partial charge in [-0.05, 0) is 84.4 Å². The molecule has 4 heterocycles. The minimum atomic E-state index is -0.389. The maximum atomic E-state index is 13.5. The number of rotatable bonds is 7. The van der Waals surface area contributed by atoms with Crippen LogP contribution in [0.2, 0.25) is 0 Å². The van der Waals surface area contributed by atoms with Crippen LogP contribution in [0.1, 0.15) is 37.1 Å². The molecule has 2 aliphatic heterocycles. The van der Waals surface area contributed by atoms with Gasteiger partial charge < -0.3 is 24.5 Å². The van der Waals surface area contributed by atoms with E-state index < -0.39 is 0 Å². The summed E-state index contributed by atoms with van der Waals surface area (Å²) in [5, 5.41) is 11.4. The van der Waals surface area contributed by atoms with Crippen LogP contribution in [0.3, 0.4) is 0 Å². The molecule has 0 unspecified atom stereocenters. The first kappa shape index (κ1) is 25.5. The number of aromatic nitrogens is 4. The van der Waals surface area contributed by atoms with E-state index in [-0.39, 0.29) is 16.6 Å². The molecule has 39 heavy (non-hydrogen) atoms. The van der Waals surface area contributed by atoms with Gasteiger partial charge in [-0.2, -0.15) is 0 Å². The molecule has 4 aromatic rings. The Kier molecular flexibility index (Phi) is 7.03. The molecule has 0 atom stereocenters. The van der Waals surface area contributed by atoms with E-state index in [0.29, 0.717) is 24.3 Å². The fourth-order valence-corrected chi connectivity index (χ4v) is 6.36. The number of piperidine rings is 2. The predicted molar refractivity (Wildman–Crippen MR) is 148 cm³/mol. The number of anilines is 1. The van der Waals surface area contributed by atoms with Gasteiger partial charge in [0, 0.05) is 39.1 Å². The lowest BCUT2D eigenvalue weighted by atomic mass is 9.91. The predicted octanol–water partition coefficient (Wildman–Crippen LogP) is 4.79. The Morgan fingerprint density at radius 1 is 1.00 bits per heavy atom. The first-order valence-electron chi connectivity index (χ1n) is 13.8. The highest BCUT2D eigenvalue weighted by Gasteiger charge is 2.32. The Hall–Kier alpha value is -3.79. The molecule has 0 radical (unpaired) electrons. The van der Waals surface area contributed by atoms with Crippen LogP contribution >= 0.6 is 0 Å². The van der Waals surface area contributed by atoms with Crippen molar-refractivity contribution in [3.63, 3.8) is 0 Å². The number of hydrogen-bond acceptors (Lipinski definition) is 6. The molecule has 204 valence electrons. The molecule has 0 aliphatic carbocycles. The third-order valence-electron chi connectivity index (χ3n) is 8.45. The molecule has 0 amide bonds. The number of hydrogen-bond donors (Lipinski definition) is 0. The molecule has 9 nitrogen and oxygen atoms in total. The summed E-state index contributed by atoms with van der Waals surface area (Å²) >= 11 is 0. The summed E-state index contributed by atoms with van der Waals surface area (Å²) in [5.41, 5.74) is 3.19. The van der Waals surface area contributed by atoms with Crippen LogP contribution in [0.4, 0.5) is 16.0 Å². The molecular formula is C29H34FN7O2. The van der Waals surface area contributed by atoms with Crippen molar-refractivity contribution in [3.8, 4) is 0 Å². The summed E-state index contributed by atoms with van der Waals surface area (Å²) in [6, 6.07) is 15.5. The molecule has 0 N–H and O–H groups in total. The van der Waals surface area contributed by atoms with Gasteiger partial charge in [0.1, 0.15) is 11.6 Å². The molecule has 6 rings (SSSR count). The zero-order chi connectivity index (χ0) is 26.9. The van der Waals surface area contributed by atoms with Gasteiger partial charge >= 0.3 is 5.82 Å². The maximum Gasteiger partial charge on any atom is 0.406 e. The van der Waals surface area contributed by atoms with Crippen molar-refractivity contribution in [1.29, 1.82) is 0 Å². The molecule has 0 bridgehead atoms. The third-order valence-corrected chi connectivity index (χ3v) is 8.45. The van der Waals surface area contributed by atoms with Crippen LogP contribution in [0.5, 0.6) is 0 Å². The molecule has 2 aromatic heterocycles. The largest absolute Gasteiger partial charge is 0.406 e. The third kappa shape index (κ3) is 5.25. The van der Waals surface area contributed by atoms with Crippen molar-refractivity contribution in [2.75, 3.05) is 31.1 Å². The normalized spacial score (nSPS) is 17.7. The van der Waals surface area contributed by atoms with Gasteiger partial charge in [0.25, 0.3) is 0 Å². The van der Waals surface area contributed by atoms with E-state index in [1.54, 1.807) is 4.57 Å². The number of imidazole rings is 2. The minimum Gasteiger partial charge on any atom is -0.358 e. The molecule has 0 saturated carbocycles. The summed E-state index contributed by atoms with van der Waals surface area (Å²) in [7, 11) is 1.82. The van der Waals surface area contributed by atoms with Crippen LogP contribution < -0.4 is 4.90 Å². The van der Waals surface area contributed by atoms with E-state index in [9.17, 15) is 14.5 Å². The Morgan fingerprint density at radius 2 is 1.72 bits per heavy atom. The number of benzene rings is 2. The minimum absolute atomic E-state index is 0.0535. The fourth-order valence-electron chi connectivity index (χ4n) is 6.36. The van der Waals surface area contributed by atoms with Crippen molar-refractivity contribution >= 4 is 22.7 Å². The van der Waals surface area contributed by atoms with E-state index in [2.05, 4.69) is 31.5 Å². The van der Waals surface area contributed by atoms with E-state index in [1.807, 2.05) is 31.3 Å². The summed E-state index contributed by atoms with van der Waals surface area (Å²) in [5.74, 6) is 2.01. The zero-order valence-electron chi connectivity index (χ0n) is 22.2. The Balaban J connectivity index is 1.08. The highest BCUT2D eigenvalue weighted by atomic mass is 19.1. The fraction of sp³-hybridized carbons (Fsp3) is 0.448. The second-order valence-electron chi connectivity index (χ2n) is 10.9. The quantitative estimate of drug-likeness (QED) is 0.252. The molecule has 0 spiro atoms. The molecule has 2 aliphatic rings. The highest BCUT2D eigenvalue weighted by molar-refractivity contribution is 5.76. The molecule has 2 fully saturated rings. The number of nitrogens with zero attached hydrogens (tertiary/aromatic N) is 7. The van der Waals surface area contributed by atoms with Crippen molar-refractivity contribution < 1.29 is 9.31 Å².